The van der Waals surface area contributed by atoms with Crippen LogP contribution in [0.25, 0.3) is 0 Å². The highest BCUT2D eigenvalue weighted by Crippen LogP contribution is 2.54. The van der Waals surface area contributed by atoms with Gasteiger partial charge >= 0.3 is 5.97 Å². The number of nitrogens with zero attached hydrogens (tertiary/aromatic N) is 2. The maximum absolute atomic E-state index is 14.3. The highest BCUT2D eigenvalue weighted by Gasteiger charge is 2.67. The first-order chi connectivity index (χ1) is 20.3. The van der Waals surface area contributed by atoms with Crippen molar-refractivity contribution in [2.24, 2.45) is 11.8 Å². The average molecular weight is 571 g/mol. The van der Waals surface area contributed by atoms with E-state index in [-0.39, 0.29) is 12.5 Å². The van der Waals surface area contributed by atoms with E-state index in [4.69, 9.17) is 18.9 Å². The van der Waals surface area contributed by atoms with E-state index in [1.165, 1.54) is 12.0 Å². The van der Waals surface area contributed by atoms with E-state index in [0.717, 1.165) is 11.1 Å². The second-order valence-electron chi connectivity index (χ2n) is 11.3. The number of carbonyl (C=O) groups excluding carboxylic acids is 3. The lowest BCUT2D eigenvalue weighted by Gasteiger charge is -2.48. The maximum atomic E-state index is 14.3. The van der Waals surface area contributed by atoms with Gasteiger partial charge in [-0.1, -0.05) is 60.7 Å². The minimum absolute atomic E-state index is 0.205. The van der Waals surface area contributed by atoms with E-state index in [0.29, 0.717) is 11.4 Å². The molecular formula is C33H34N2O7. The Morgan fingerprint density at radius 2 is 1.45 bits per heavy atom. The molecule has 0 saturated carbocycles. The molecule has 0 spiro atoms. The van der Waals surface area contributed by atoms with Crippen molar-refractivity contribution in [1.29, 1.82) is 0 Å². The van der Waals surface area contributed by atoms with Crippen LogP contribution in [0.15, 0.2) is 84.9 Å². The summed E-state index contributed by atoms with van der Waals surface area (Å²) in [6.45, 7) is 3.90. The minimum Gasteiger partial charge on any atom is -0.497 e. The van der Waals surface area contributed by atoms with Crippen LogP contribution in [0.1, 0.15) is 37.1 Å². The number of fused-ring (bicyclic) bond motifs is 1. The largest absolute Gasteiger partial charge is 0.497 e. The van der Waals surface area contributed by atoms with Crippen molar-refractivity contribution < 1.29 is 33.3 Å². The number of amides is 2. The molecule has 218 valence electrons. The van der Waals surface area contributed by atoms with Gasteiger partial charge in [-0.15, -0.1) is 0 Å². The molecule has 2 amide bonds. The SMILES string of the molecule is COC(=O)[C@@H]1[C@H]2C(=O)N(c3ccccc3)C(=O)[C@H]2[C@@H](c2ccc(OC)cc2)N1[C@H]1COC(C)(C)O[C@H]1c1ccccc1. The highest BCUT2D eigenvalue weighted by atomic mass is 16.7. The zero-order chi connectivity index (χ0) is 29.6. The molecule has 0 aromatic heterocycles. The van der Waals surface area contributed by atoms with E-state index in [2.05, 4.69) is 0 Å². The quantitative estimate of drug-likeness (QED) is 0.320. The van der Waals surface area contributed by atoms with Crippen LogP contribution < -0.4 is 9.64 Å². The number of hydrogen-bond acceptors (Lipinski definition) is 8. The number of rotatable bonds is 6. The fraction of sp³-hybridized carbons (Fsp3) is 0.364. The van der Waals surface area contributed by atoms with Gasteiger partial charge in [-0.25, -0.2) is 4.90 Å². The van der Waals surface area contributed by atoms with Crippen LogP contribution in [0.2, 0.25) is 0 Å². The summed E-state index contributed by atoms with van der Waals surface area (Å²) >= 11 is 0. The molecule has 0 unspecified atom stereocenters. The number of benzene rings is 3. The van der Waals surface area contributed by atoms with Crippen molar-refractivity contribution >= 4 is 23.5 Å². The summed E-state index contributed by atoms with van der Waals surface area (Å²) in [5, 5.41) is 0. The second-order valence-corrected chi connectivity index (χ2v) is 11.3. The molecule has 0 radical (unpaired) electrons. The molecule has 3 aromatic rings. The number of esters is 1. The van der Waals surface area contributed by atoms with Crippen LogP contribution in [0.4, 0.5) is 5.69 Å². The fourth-order valence-electron chi connectivity index (χ4n) is 6.70. The van der Waals surface area contributed by atoms with E-state index >= 15 is 0 Å². The topological polar surface area (TPSA) is 94.6 Å². The van der Waals surface area contributed by atoms with Gasteiger partial charge in [-0.3, -0.25) is 19.3 Å². The predicted molar refractivity (Wildman–Crippen MR) is 153 cm³/mol. The smallest absolute Gasteiger partial charge is 0.323 e. The molecule has 0 bridgehead atoms. The number of likely N-dealkylation sites (tertiary alicyclic amines) is 1. The van der Waals surface area contributed by atoms with Crippen LogP contribution in [-0.2, 0) is 28.6 Å². The first-order valence-corrected chi connectivity index (χ1v) is 14.0. The van der Waals surface area contributed by atoms with Gasteiger partial charge in [0.25, 0.3) is 0 Å². The molecule has 0 N–H and O–H groups in total. The Labute approximate surface area is 244 Å². The third-order valence-electron chi connectivity index (χ3n) is 8.51. The van der Waals surface area contributed by atoms with Crippen molar-refractivity contribution in [1.82, 2.24) is 4.90 Å². The predicted octanol–water partition coefficient (Wildman–Crippen LogP) is 4.29. The van der Waals surface area contributed by atoms with Crippen LogP contribution in [0, 0.1) is 11.8 Å². The van der Waals surface area contributed by atoms with Gasteiger partial charge in [-0.2, -0.15) is 0 Å². The van der Waals surface area contributed by atoms with Crippen LogP contribution in [-0.4, -0.2) is 61.4 Å². The van der Waals surface area contributed by atoms with Crippen LogP contribution in [0.3, 0.4) is 0 Å². The van der Waals surface area contributed by atoms with E-state index in [1.54, 1.807) is 31.4 Å². The molecule has 6 rings (SSSR count). The normalized spacial score (nSPS) is 28.9. The number of anilines is 1. The first kappa shape index (κ1) is 28.1. The van der Waals surface area contributed by atoms with Gasteiger partial charge < -0.3 is 18.9 Å². The van der Waals surface area contributed by atoms with Crippen LogP contribution >= 0.6 is 0 Å². The average Bonchev–Trinajstić information content (AvgIpc) is 3.49. The Morgan fingerprint density at radius 1 is 0.833 bits per heavy atom. The number of hydrogen-bond donors (Lipinski definition) is 0. The van der Waals surface area contributed by atoms with Crippen molar-refractivity contribution in [2.45, 2.75) is 43.9 Å². The standard InChI is InChI=1S/C33H34N2O7/c1-33(2)41-19-24(29(42-33)21-11-7-5-8-12-21)35-27(20-15-17-23(39-3)18-16-20)25-26(28(35)32(38)40-4)31(37)34(30(25)36)22-13-9-6-10-14-22/h5-18,24-29H,19H2,1-4H3/t24-,25+,26-,27+,28-,29-/m0/s1. The Kier molecular flexibility index (Phi) is 7.34. The van der Waals surface area contributed by atoms with Crippen molar-refractivity contribution in [3.05, 3.63) is 96.1 Å². The number of ether oxygens (including phenoxy) is 4. The molecule has 3 aliphatic rings. The van der Waals surface area contributed by atoms with Crippen LogP contribution in [0.5, 0.6) is 5.75 Å². The molecule has 42 heavy (non-hydrogen) atoms. The molecular weight excluding hydrogens is 536 g/mol. The summed E-state index contributed by atoms with van der Waals surface area (Å²) in [5.41, 5.74) is 2.14. The summed E-state index contributed by atoms with van der Waals surface area (Å²) < 4.78 is 23.4. The highest BCUT2D eigenvalue weighted by molar-refractivity contribution is 6.23. The van der Waals surface area contributed by atoms with Crippen molar-refractivity contribution in [3.63, 3.8) is 0 Å². The molecule has 3 aliphatic heterocycles. The fourth-order valence-corrected chi connectivity index (χ4v) is 6.70. The third-order valence-corrected chi connectivity index (χ3v) is 8.51. The molecule has 9 heteroatoms. The lowest BCUT2D eigenvalue weighted by atomic mass is 9.86. The van der Waals surface area contributed by atoms with E-state index in [9.17, 15) is 14.4 Å². The lowest BCUT2D eigenvalue weighted by Crippen LogP contribution is -2.57. The van der Waals surface area contributed by atoms with Gasteiger partial charge in [0.2, 0.25) is 11.8 Å². The van der Waals surface area contributed by atoms with E-state index in [1.807, 2.05) is 79.4 Å². The molecule has 6 atom stereocenters. The van der Waals surface area contributed by atoms with Crippen molar-refractivity contribution in [3.8, 4) is 5.75 Å². The summed E-state index contributed by atoms with van der Waals surface area (Å²) in [6.07, 6.45) is -0.517. The number of imide groups is 1. The first-order valence-electron chi connectivity index (χ1n) is 14.0. The Balaban J connectivity index is 1.52. The zero-order valence-electron chi connectivity index (χ0n) is 24.0. The lowest BCUT2D eigenvalue weighted by molar-refractivity contribution is -0.300. The van der Waals surface area contributed by atoms with Gasteiger partial charge in [0.15, 0.2) is 5.79 Å². The van der Waals surface area contributed by atoms with Gasteiger partial charge in [0.1, 0.15) is 17.9 Å². The summed E-state index contributed by atoms with van der Waals surface area (Å²) in [6, 6.07) is 23.7. The Bertz CT molecular complexity index is 1460. The summed E-state index contributed by atoms with van der Waals surface area (Å²) in [4.78, 5) is 45.3. The zero-order valence-corrected chi connectivity index (χ0v) is 24.0. The van der Waals surface area contributed by atoms with Gasteiger partial charge in [0.05, 0.1) is 44.4 Å². The van der Waals surface area contributed by atoms with Gasteiger partial charge in [0, 0.05) is 6.04 Å². The molecule has 3 heterocycles. The number of methoxy groups -OCH3 is 2. The number of carbonyl (C=O) groups is 3. The molecule has 3 fully saturated rings. The monoisotopic (exact) mass is 570 g/mol. The molecule has 0 aliphatic carbocycles. The molecule has 3 aromatic carbocycles. The number of para-hydroxylation sites is 1. The van der Waals surface area contributed by atoms with Gasteiger partial charge in [-0.05, 0) is 49.2 Å². The summed E-state index contributed by atoms with van der Waals surface area (Å²) in [5.74, 6) is -3.43. The maximum Gasteiger partial charge on any atom is 0.323 e. The van der Waals surface area contributed by atoms with Crippen molar-refractivity contribution in [2.75, 3.05) is 25.7 Å². The molecule has 3 saturated heterocycles. The molecule has 9 nitrogen and oxygen atoms in total. The second kappa shape index (κ2) is 11.0. The Morgan fingerprint density at radius 3 is 2.07 bits per heavy atom. The summed E-state index contributed by atoms with van der Waals surface area (Å²) in [7, 11) is 2.89. The third kappa shape index (κ3) is 4.67. The minimum atomic E-state index is -1.05. The Hall–Kier alpha value is -4.05. The van der Waals surface area contributed by atoms with E-state index < -0.39 is 53.7 Å².